The van der Waals surface area contributed by atoms with Crippen molar-refractivity contribution in [2.75, 3.05) is 37.9 Å². The van der Waals surface area contributed by atoms with Crippen LogP contribution in [-0.2, 0) is 6.54 Å². The molecule has 1 fully saturated rings. The maximum absolute atomic E-state index is 5.51. The summed E-state index contributed by atoms with van der Waals surface area (Å²) in [5.74, 6) is 2.61. The zero-order valence-electron chi connectivity index (χ0n) is 17.0. The fraction of sp³-hybridized carbons (Fsp3) is 0.261. The quantitative estimate of drug-likeness (QED) is 0.509. The summed E-state index contributed by atoms with van der Waals surface area (Å²) in [7, 11) is 0. The molecule has 0 spiro atoms. The topological polar surface area (TPSA) is 68.0 Å². The van der Waals surface area contributed by atoms with Gasteiger partial charge in [-0.3, -0.25) is 14.3 Å². The summed E-state index contributed by atoms with van der Waals surface area (Å²) in [6.07, 6.45) is 9.35. The minimum absolute atomic E-state index is 0.312. The molecule has 4 aromatic rings. The van der Waals surface area contributed by atoms with Gasteiger partial charge in [0.2, 0.25) is 6.79 Å². The normalized spacial score (nSPS) is 16.2. The van der Waals surface area contributed by atoms with Crippen LogP contribution in [-0.4, -0.2) is 57.2 Å². The lowest BCUT2D eigenvalue weighted by Gasteiger charge is -2.35. The summed E-state index contributed by atoms with van der Waals surface area (Å²) in [5, 5.41) is 0. The molecule has 0 N–H and O–H groups in total. The van der Waals surface area contributed by atoms with Crippen LogP contribution in [0.1, 0.15) is 5.56 Å². The van der Waals surface area contributed by atoms with Gasteiger partial charge < -0.3 is 14.4 Å². The Bertz CT molecular complexity index is 1220. The van der Waals surface area contributed by atoms with Crippen molar-refractivity contribution in [1.82, 2.24) is 24.3 Å². The van der Waals surface area contributed by atoms with E-state index in [-0.39, 0.29) is 0 Å². The molecule has 0 bridgehead atoms. The second-order valence-corrected chi connectivity index (χ2v) is 7.78. The minimum atomic E-state index is 0.312. The molecular formula is C23H22N6O2. The molecule has 8 heteroatoms. The standard InChI is InChI=1S/C23H22N6O2/c1-2-18(13-24-5-1)19-14-26-23-22(25-6-7-29(19)23)28-10-8-27(9-11-28)15-17-3-4-20-21(12-17)31-16-30-20/h1-7,12-14H,8-11,15-16H2. The molecule has 5 heterocycles. The zero-order chi connectivity index (χ0) is 20.6. The van der Waals surface area contributed by atoms with Gasteiger partial charge in [0, 0.05) is 63.1 Å². The predicted molar refractivity (Wildman–Crippen MR) is 116 cm³/mol. The Morgan fingerprint density at radius 1 is 0.903 bits per heavy atom. The number of anilines is 1. The largest absolute Gasteiger partial charge is 0.454 e. The fourth-order valence-corrected chi connectivity index (χ4v) is 4.27. The Hall–Kier alpha value is -3.65. The molecule has 2 aliphatic rings. The highest BCUT2D eigenvalue weighted by atomic mass is 16.7. The highest BCUT2D eigenvalue weighted by molar-refractivity contribution is 5.71. The smallest absolute Gasteiger partial charge is 0.231 e. The number of imidazole rings is 1. The molecule has 0 atom stereocenters. The molecule has 1 aromatic carbocycles. The molecule has 0 radical (unpaired) electrons. The van der Waals surface area contributed by atoms with Crippen LogP contribution in [0.3, 0.4) is 0 Å². The van der Waals surface area contributed by atoms with Crippen LogP contribution >= 0.6 is 0 Å². The highest BCUT2D eigenvalue weighted by Gasteiger charge is 2.22. The Labute approximate surface area is 179 Å². The third-order valence-electron chi connectivity index (χ3n) is 5.88. The van der Waals surface area contributed by atoms with Gasteiger partial charge >= 0.3 is 0 Å². The van der Waals surface area contributed by atoms with E-state index >= 15 is 0 Å². The number of pyridine rings is 1. The summed E-state index contributed by atoms with van der Waals surface area (Å²) in [5.41, 5.74) is 4.19. The SMILES string of the molecule is c1cncc(-c2cnc3c(N4CCN(Cc5ccc6c(c5)OCO6)CC4)nccn23)c1. The Kier molecular flexibility index (Phi) is 4.42. The van der Waals surface area contributed by atoms with E-state index in [0.29, 0.717) is 6.79 Å². The molecule has 156 valence electrons. The van der Waals surface area contributed by atoms with Crippen LogP contribution in [0.4, 0.5) is 5.82 Å². The van der Waals surface area contributed by atoms with Crippen molar-refractivity contribution in [3.05, 3.63) is 66.9 Å². The van der Waals surface area contributed by atoms with Gasteiger partial charge in [-0.2, -0.15) is 0 Å². The number of nitrogens with zero attached hydrogens (tertiary/aromatic N) is 6. The first-order chi connectivity index (χ1) is 15.3. The number of hydrogen-bond donors (Lipinski definition) is 0. The molecule has 0 saturated carbocycles. The van der Waals surface area contributed by atoms with Crippen molar-refractivity contribution in [3.63, 3.8) is 0 Å². The summed E-state index contributed by atoms with van der Waals surface area (Å²) in [4.78, 5) is 18.4. The van der Waals surface area contributed by atoms with E-state index in [2.05, 4.69) is 41.3 Å². The first kappa shape index (κ1) is 18.1. The molecule has 3 aromatic heterocycles. The van der Waals surface area contributed by atoms with Gasteiger partial charge in [0.25, 0.3) is 0 Å². The van der Waals surface area contributed by atoms with Gasteiger partial charge in [-0.05, 0) is 29.8 Å². The molecule has 31 heavy (non-hydrogen) atoms. The monoisotopic (exact) mass is 414 g/mol. The number of rotatable bonds is 4. The number of hydrogen-bond acceptors (Lipinski definition) is 7. The van der Waals surface area contributed by atoms with E-state index in [4.69, 9.17) is 9.47 Å². The van der Waals surface area contributed by atoms with Crippen LogP contribution in [0, 0.1) is 0 Å². The first-order valence-electron chi connectivity index (χ1n) is 10.4. The molecule has 0 unspecified atom stereocenters. The number of piperazine rings is 1. The molecule has 2 aliphatic heterocycles. The van der Waals surface area contributed by atoms with Gasteiger partial charge in [-0.15, -0.1) is 0 Å². The van der Waals surface area contributed by atoms with Crippen molar-refractivity contribution < 1.29 is 9.47 Å². The lowest BCUT2D eigenvalue weighted by Crippen LogP contribution is -2.46. The van der Waals surface area contributed by atoms with E-state index in [9.17, 15) is 0 Å². The zero-order valence-corrected chi connectivity index (χ0v) is 17.0. The number of fused-ring (bicyclic) bond motifs is 2. The Morgan fingerprint density at radius 2 is 1.81 bits per heavy atom. The Balaban J connectivity index is 1.18. The molecule has 0 amide bonds. The molecule has 0 aliphatic carbocycles. The summed E-state index contributed by atoms with van der Waals surface area (Å²) >= 11 is 0. The maximum Gasteiger partial charge on any atom is 0.231 e. The van der Waals surface area contributed by atoms with Crippen LogP contribution in [0.2, 0.25) is 0 Å². The van der Waals surface area contributed by atoms with Crippen molar-refractivity contribution in [1.29, 1.82) is 0 Å². The van der Waals surface area contributed by atoms with Gasteiger partial charge in [0.1, 0.15) is 0 Å². The third kappa shape index (κ3) is 3.34. The summed E-state index contributed by atoms with van der Waals surface area (Å²) in [6, 6.07) is 10.2. The predicted octanol–water partition coefficient (Wildman–Crippen LogP) is 2.84. The summed E-state index contributed by atoms with van der Waals surface area (Å²) in [6.45, 7) is 4.96. The minimum Gasteiger partial charge on any atom is -0.454 e. The van der Waals surface area contributed by atoms with Gasteiger partial charge in [0.05, 0.1) is 11.9 Å². The molecule has 8 nitrogen and oxygen atoms in total. The van der Waals surface area contributed by atoms with Crippen LogP contribution in [0.15, 0.2) is 61.3 Å². The van der Waals surface area contributed by atoms with Gasteiger partial charge in [-0.25, -0.2) is 9.97 Å². The number of aromatic nitrogens is 4. The number of ether oxygens (including phenoxy) is 2. The highest BCUT2D eigenvalue weighted by Crippen LogP contribution is 2.33. The lowest BCUT2D eigenvalue weighted by molar-refractivity contribution is 0.174. The summed E-state index contributed by atoms with van der Waals surface area (Å²) < 4.78 is 13.0. The fourth-order valence-electron chi connectivity index (χ4n) is 4.27. The van der Waals surface area contributed by atoms with Crippen LogP contribution < -0.4 is 14.4 Å². The van der Waals surface area contributed by atoms with E-state index in [0.717, 1.165) is 66.9 Å². The van der Waals surface area contributed by atoms with Gasteiger partial charge in [-0.1, -0.05) is 6.07 Å². The van der Waals surface area contributed by atoms with Crippen molar-refractivity contribution in [3.8, 4) is 22.8 Å². The van der Waals surface area contributed by atoms with Crippen LogP contribution in [0.5, 0.6) is 11.5 Å². The lowest BCUT2D eigenvalue weighted by atomic mass is 10.1. The van der Waals surface area contributed by atoms with Gasteiger partial charge in [0.15, 0.2) is 23.0 Å². The van der Waals surface area contributed by atoms with Crippen molar-refractivity contribution in [2.24, 2.45) is 0 Å². The van der Waals surface area contributed by atoms with E-state index in [1.54, 1.807) is 6.20 Å². The van der Waals surface area contributed by atoms with Crippen molar-refractivity contribution >= 4 is 11.5 Å². The Morgan fingerprint density at radius 3 is 2.68 bits per heavy atom. The first-order valence-corrected chi connectivity index (χ1v) is 10.4. The second kappa shape index (κ2) is 7.55. The molecule has 6 rings (SSSR count). The molecular weight excluding hydrogens is 392 g/mol. The third-order valence-corrected chi connectivity index (χ3v) is 5.88. The van der Waals surface area contributed by atoms with E-state index in [1.807, 2.05) is 43.0 Å². The average Bonchev–Trinajstić information content (AvgIpc) is 3.47. The number of benzene rings is 1. The maximum atomic E-state index is 5.51. The van der Waals surface area contributed by atoms with E-state index < -0.39 is 0 Å². The molecule has 1 saturated heterocycles. The van der Waals surface area contributed by atoms with E-state index in [1.165, 1.54) is 5.56 Å². The van der Waals surface area contributed by atoms with Crippen molar-refractivity contribution in [2.45, 2.75) is 6.54 Å². The average molecular weight is 414 g/mol. The van der Waals surface area contributed by atoms with Crippen LogP contribution in [0.25, 0.3) is 16.9 Å². The second-order valence-electron chi connectivity index (χ2n) is 7.78.